The lowest BCUT2D eigenvalue weighted by Crippen LogP contribution is -2.33. The van der Waals surface area contributed by atoms with Crippen LogP contribution in [0.4, 0.5) is 0 Å². The minimum atomic E-state index is -0.860. The minimum Gasteiger partial charge on any atom is -0.462 e. The Labute approximate surface area is 184 Å². The van der Waals surface area contributed by atoms with Crippen LogP contribution in [0.15, 0.2) is 42.5 Å². The molecular formula is C26H32O5. The molecule has 0 radical (unpaired) electrons. The highest BCUT2D eigenvalue weighted by Crippen LogP contribution is 2.22. The second-order valence-corrected chi connectivity index (χ2v) is 7.97. The molecule has 0 aliphatic rings. The van der Waals surface area contributed by atoms with E-state index in [1.165, 1.54) is 0 Å². The van der Waals surface area contributed by atoms with E-state index in [2.05, 4.69) is 0 Å². The summed E-state index contributed by atoms with van der Waals surface area (Å²) < 4.78 is 11.1. The van der Waals surface area contributed by atoms with Crippen molar-refractivity contribution in [3.8, 4) is 0 Å². The molecule has 31 heavy (non-hydrogen) atoms. The summed E-state index contributed by atoms with van der Waals surface area (Å²) in [7, 11) is 0. The number of hydrogen-bond acceptors (Lipinski definition) is 5. The molecule has 0 bridgehead atoms. The summed E-state index contributed by atoms with van der Waals surface area (Å²) in [4.78, 5) is 37.8. The van der Waals surface area contributed by atoms with Crippen LogP contribution in [0, 0.1) is 26.7 Å². The molecule has 0 aromatic heterocycles. The minimum absolute atomic E-state index is 0.124. The SMILES string of the molecule is CCCC(OC(=O)C(=O)c1c(C)cc(C)cc1C)C(CC)COC(=O)c1ccccc1. The average Bonchev–Trinajstić information content (AvgIpc) is 2.73. The third kappa shape index (κ3) is 6.51. The third-order valence-corrected chi connectivity index (χ3v) is 5.41. The normalized spacial score (nSPS) is 12.7. The number of ketones is 1. The summed E-state index contributed by atoms with van der Waals surface area (Å²) in [6.07, 6.45) is 1.52. The molecule has 0 saturated heterocycles. The second kappa shape index (κ2) is 11.4. The van der Waals surface area contributed by atoms with Crippen LogP contribution in [-0.2, 0) is 14.3 Å². The number of hydrogen-bond donors (Lipinski definition) is 0. The van der Waals surface area contributed by atoms with E-state index in [1.54, 1.807) is 24.3 Å². The fourth-order valence-electron chi connectivity index (χ4n) is 3.83. The van der Waals surface area contributed by atoms with Gasteiger partial charge in [-0.05, 0) is 56.9 Å². The number of aryl methyl sites for hydroxylation is 3. The third-order valence-electron chi connectivity index (χ3n) is 5.41. The van der Waals surface area contributed by atoms with E-state index in [-0.39, 0.29) is 12.5 Å². The highest BCUT2D eigenvalue weighted by molar-refractivity contribution is 6.41. The van der Waals surface area contributed by atoms with Crippen molar-refractivity contribution in [3.05, 3.63) is 70.3 Å². The first-order valence-corrected chi connectivity index (χ1v) is 10.8. The Morgan fingerprint density at radius 3 is 2.10 bits per heavy atom. The second-order valence-electron chi connectivity index (χ2n) is 7.97. The highest BCUT2D eigenvalue weighted by Gasteiger charge is 2.29. The van der Waals surface area contributed by atoms with Crippen molar-refractivity contribution < 1.29 is 23.9 Å². The van der Waals surface area contributed by atoms with Crippen LogP contribution in [0.3, 0.4) is 0 Å². The van der Waals surface area contributed by atoms with Crippen LogP contribution in [0.1, 0.15) is 70.5 Å². The lowest BCUT2D eigenvalue weighted by molar-refractivity contribution is -0.147. The number of Topliss-reactive ketones (excluding diaryl/α,β-unsaturated/α-hetero) is 1. The first-order valence-electron chi connectivity index (χ1n) is 10.8. The van der Waals surface area contributed by atoms with Crippen molar-refractivity contribution in [2.45, 2.75) is 60.0 Å². The Hall–Kier alpha value is -2.95. The molecule has 2 unspecified atom stereocenters. The van der Waals surface area contributed by atoms with Crippen LogP contribution in [-0.4, -0.2) is 30.4 Å². The Bertz CT molecular complexity index is 894. The van der Waals surface area contributed by atoms with Crippen molar-refractivity contribution in [3.63, 3.8) is 0 Å². The fourth-order valence-corrected chi connectivity index (χ4v) is 3.83. The average molecular weight is 425 g/mol. The van der Waals surface area contributed by atoms with Gasteiger partial charge in [0.15, 0.2) is 0 Å². The van der Waals surface area contributed by atoms with Gasteiger partial charge in [0.1, 0.15) is 6.10 Å². The molecule has 0 spiro atoms. The first kappa shape index (κ1) is 24.3. The van der Waals surface area contributed by atoms with Gasteiger partial charge in [-0.1, -0.05) is 56.2 Å². The molecule has 2 aromatic rings. The van der Waals surface area contributed by atoms with Gasteiger partial charge in [-0.15, -0.1) is 0 Å². The number of carbonyl (C=O) groups is 3. The van der Waals surface area contributed by atoms with E-state index in [0.29, 0.717) is 24.0 Å². The number of rotatable bonds is 10. The molecule has 0 fully saturated rings. The topological polar surface area (TPSA) is 69.7 Å². The van der Waals surface area contributed by atoms with Gasteiger partial charge in [-0.3, -0.25) is 4.79 Å². The number of benzene rings is 2. The zero-order valence-electron chi connectivity index (χ0n) is 19.1. The smallest absolute Gasteiger partial charge is 0.379 e. The van der Waals surface area contributed by atoms with Gasteiger partial charge in [0.25, 0.3) is 5.78 Å². The molecule has 2 atom stereocenters. The predicted molar refractivity (Wildman–Crippen MR) is 120 cm³/mol. The van der Waals surface area contributed by atoms with Crippen molar-refractivity contribution in [2.75, 3.05) is 6.61 Å². The first-order chi connectivity index (χ1) is 14.8. The van der Waals surface area contributed by atoms with Crippen LogP contribution in [0.2, 0.25) is 0 Å². The van der Waals surface area contributed by atoms with Crippen LogP contribution < -0.4 is 0 Å². The van der Waals surface area contributed by atoms with E-state index < -0.39 is 23.8 Å². The van der Waals surface area contributed by atoms with Gasteiger partial charge in [0.05, 0.1) is 12.2 Å². The summed E-state index contributed by atoms with van der Waals surface area (Å²) >= 11 is 0. The van der Waals surface area contributed by atoms with Gasteiger partial charge in [-0.25, -0.2) is 9.59 Å². The molecule has 5 heteroatoms. The van der Waals surface area contributed by atoms with Crippen molar-refractivity contribution in [1.82, 2.24) is 0 Å². The monoisotopic (exact) mass is 424 g/mol. The summed E-state index contributed by atoms with van der Waals surface area (Å²) in [6.45, 7) is 9.66. The lowest BCUT2D eigenvalue weighted by Gasteiger charge is -2.25. The van der Waals surface area contributed by atoms with Crippen LogP contribution in [0.25, 0.3) is 0 Å². The Balaban J connectivity index is 2.10. The summed E-state index contributed by atoms with van der Waals surface area (Å²) in [5.41, 5.74) is 3.43. The lowest BCUT2D eigenvalue weighted by atomic mass is 9.95. The molecule has 166 valence electrons. The van der Waals surface area contributed by atoms with E-state index in [9.17, 15) is 14.4 Å². The number of ether oxygens (including phenoxy) is 2. The standard InChI is InChI=1S/C26H32O5/c1-6-11-22(20(7-2)16-30-25(28)21-12-9-8-10-13-21)31-26(29)24(27)23-18(4)14-17(3)15-19(23)5/h8-10,12-15,20,22H,6-7,11,16H2,1-5H3. The van der Waals surface area contributed by atoms with Gasteiger partial charge in [0.2, 0.25) is 0 Å². The molecule has 2 aromatic carbocycles. The predicted octanol–water partition coefficient (Wildman–Crippen LogP) is 5.39. The largest absolute Gasteiger partial charge is 0.462 e. The maximum Gasteiger partial charge on any atom is 0.379 e. The zero-order valence-corrected chi connectivity index (χ0v) is 19.1. The summed E-state index contributed by atoms with van der Waals surface area (Å²) in [6, 6.07) is 12.5. The molecular weight excluding hydrogens is 392 g/mol. The molecule has 0 saturated carbocycles. The van der Waals surface area contributed by atoms with E-state index in [1.807, 2.05) is 52.8 Å². The van der Waals surface area contributed by atoms with E-state index in [0.717, 1.165) is 23.1 Å². The van der Waals surface area contributed by atoms with Crippen molar-refractivity contribution in [2.24, 2.45) is 5.92 Å². The maximum absolute atomic E-state index is 12.8. The summed E-state index contributed by atoms with van der Waals surface area (Å²) in [5, 5.41) is 0. The van der Waals surface area contributed by atoms with E-state index in [4.69, 9.17) is 9.47 Å². The van der Waals surface area contributed by atoms with Gasteiger partial charge < -0.3 is 9.47 Å². The molecule has 0 aliphatic heterocycles. The molecule has 0 N–H and O–H groups in total. The van der Waals surface area contributed by atoms with Crippen LogP contribution in [0.5, 0.6) is 0 Å². The van der Waals surface area contributed by atoms with Gasteiger partial charge >= 0.3 is 11.9 Å². The Morgan fingerprint density at radius 1 is 0.935 bits per heavy atom. The van der Waals surface area contributed by atoms with Crippen molar-refractivity contribution in [1.29, 1.82) is 0 Å². The Morgan fingerprint density at radius 2 is 1.55 bits per heavy atom. The Kier molecular flexibility index (Phi) is 8.98. The van der Waals surface area contributed by atoms with E-state index >= 15 is 0 Å². The molecule has 0 aliphatic carbocycles. The maximum atomic E-state index is 12.8. The van der Waals surface area contributed by atoms with Crippen LogP contribution >= 0.6 is 0 Å². The highest BCUT2D eigenvalue weighted by atomic mass is 16.6. The zero-order chi connectivity index (χ0) is 23.0. The number of esters is 2. The molecule has 2 rings (SSSR count). The van der Waals surface area contributed by atoms with Gasteiger partial charge in [0, 0.05) is 11.5 Å². The number of carbonyl (C=O) groups excluding carboxylic acids is 3. The summed E-state index contributed by atoms with van der Waals surface area (Å²) in [5.74, 6) is -2.10. The quantitative estimate of drug-likeness (QED) is 0.291. The molecule has 0 heterocycles. The fraction of sp³-hybridized carbons (Fsp3) is 0.423. The van der Waals surface area contributed by atoms with Gasteiger partial charge in [-0.2, -0.15) is 0 Å². The molecule has 5 nitrogen and oxygen atoms in total. The molecule has 0 amide bonds. The van der Waals surface area contributed by atoms with Crippen molar-refractivity contribution >= 4 is 17.7 Å².